The fourth-order valence-corrected chi connectivity index (χ4v) is 5.56. The lowest BCUT2D eigenvalue weighted by Gasteiger charge is -2.18. The first-order valence-electron chi connectivity index (χ1n) is 20.8. The lowest BCUT2D eigenvalue weighted by molar-refractivity contribution is 0.669. The zero-order valence-corrected chi connectivity index (χ0v) is 21.0. The van der Waals surface area contributed by atoms with E-state index in [2.05, 4.69) is 0 Å². The van der Waals surface area contributed by atoms with Crippen LogP contribution in [0.5, 0.6) is 0 Å². The van der Waals surface area contributed by atoms with Gasteiger partial charge in [0, 0.05) is 10.8 Å². The highest BCUT2D eigenvalue weighted by Gasteiger charge is 2.18. The van der Waals surface area contributed by atoms with Crippen LogP contribution in [0.1, 0.15) is 21.9 Å². The van der Waals surface area contributed by atoms with Crippen LogP contribution < -0.4 is 0 Å². The van der Waals surface area contributed by atoms with E-state index >= 15 is 0 Å². The summed E-state index contributed by atoms with van der Waals surface area (Å²) in [6, 6.07) is 5.60. The van der Waals surface area contributed by atoms with Crippen molar-refractivity contribution in [3.63, 3.8) is 0 Å². The Hall–Kier alpha value is -5.40. The molecule has 9 aromatic rings. The Bertz CT molecular complexity index is 3310. The predicted molar refractivity (Wildman–Crippen MR) is 175 cm³/mol. The summed E-state index contributed by atoms with van der Waals surface area (Å²) >= 11 is 0. The minimum atomic E-state index is -0.608. The van der Waals surface area contributed by atoms with Gasteiger partial charge < -0.3 is 4.42 Å². The van der Waals surface area contributed by atoms with Crippen LogP contribution in [0.25, 0.3) is 87.3 Å². The van der Waals surface area contributed by atoms with E-state index in [1.165, 1.54) is 0 Å². The average Bonchev–Trinajstić information content (AvgIpc) is 3.62. The van der Waals surface area contributed by atoms with Gasteiger partial charge in [-0.1, -0.05) is 115 Å². The first-order chi connectivity index (χ1) is 27.0. The minimum Gasteiger partial charge on any atom is -0.456 e. The Balaban J connectivity index is 1.47. The van der Waals surface area contributed by atoms with Gasteiger partial charge in [-0.25, -0.2) is 0 Å². The highest BCUT2D eigenvalue weighted by molar-refractivity contribution is 6.22. The summed E-state index contributed by atoms with van der Waals surface area (Å²) in [6.07, 6.45) is 0. The molecular weight excluding hydrogens is 496 g/mol. The van der Waals surface area contributed by atoms with Gasteiger partial charge in [0.05, 0.1) is 21.9 Å². The molecule has 0 spiro atoms. The van der Waals surface area contributed by atoms with Gasteiger partial charge in [-0.15, -0.1) is 0 Å². The summed E-state index contributed by atoms with van der Waals surface area (Å²) in [4.78, 5) is 0. The number of rotatable bonds is 2. The molecule has 0 saturated carbocycles. The van der Waals surface area contributed by atoms with Crippen LogP contribution in [-0.4, -0.2) is 0 Å². The number of hydrogen-bond donors (Lipinski definition) is 0. The first-order valence-corrected chi connectivity index (χ1v) is 12.8. The second-order valence-electron chi connectivity index (χ2n) is 9.60. The average molecular weight is 537 g/mol. The molecule has 0 atom stereocenters. The molecule has 0 N–H and O–H groups in total. The smallest absolute Gasteiger partial charge is 0.136 e. The summed E-state index contributed by atoms with van der Waals surface area (Å²) in [6.45, 7) is 0. The minimum absolute atomic E-state index is 0.0545. The molecule has 0 aliphatic carbocycles. The summed E-state index contributed by atoms with van der Waals surface area (Å²) in [7, 11) is 0. The molecular formula is C40H24O. The van der Waals surface area contributed by atoms with Gasteiger partial charge in [-0.05, 0) is 95.6 Å². The van der Waals surface area contributed by atoms with Crippen molar-refractivity contribution in [3.05, 3.63) is 145 Å². The van der Waals surface area contributed by atoms with E-state index in [9.17, 15) is 6.85 Å². The maximum absolute atomic E-state index is 9.68. The molecule has 0 bridgehead atoms. The maximum Gasteiger partial charge on any atom is 0.136 e. The monoisotopic (exact) mass is 536 g/mol. The van der Waals surface area contributed by atoms with Crippen LogP contribution in [0.15, 0.2) is 150 Å². The van der Waals surface area contributed by atoms with E-state index in [1.807, 2.05) is 0 Å². The predicted octanol–water partition coefficient (Wildman–Crippen LogP) is 11.5. The van der Waals surface area contributed by atoms with Gasteiger partial charge >= 0.3 is 0 Å². The van der Waals surface area contributed by atoms with E-state index in [-0.39, 0.29) is 66.7 Å². The van der Waals surface area contributed by atoms with Crippen molar-refractivity contribution in [1.82, 2.24) is 0 Å². The van der Waals surface area contributed by atoms with E-state index < -0.39 is 84.6 Å². The van der Waals surface area contributed by atoms with Gasteiger partial charge in [0.25, 0.3) is 0 Å². The zero-order chi connectivity index (χ0) is 40.8. The van der Waals surface area contributed by atoms with Crippen molar-refractivity contribution in [1.29, 1.82) is 0 Å². The lowest BCUT2D eigenvalue weighted by atomic mass is 9.85. The largest absolute Gasteiger partial charge is 0.456 e. The van der Waals surface area contributed by atoms with Gasteiger partial charge in [0.1, 0.15) is 11.2 Å². The topological polar surface area (TPSA) is 13.1 Å². The van der Waals surface area contributed by atoms with Gasteiger partial charge in [-0.3, -0.25) is 0 Å². The molecule has 190 valence electrons. The van der Waals surface area contributed by atoms with Crippen LogP contribution in [0, 0.1) is 0 Å². The molecule has 1 nitrogen and oxygen atoms in total. The summed E-state index contributed by atoms with van der Waals surface area (Å²) in [5.74, 6) is 0. The molecule has 0 amide bonds. The molecule has 0 aliphatic rings. The SMILES string of the molecule is [2H]c1c(-c2c3ccccc3c(-c3c([2H])c([2H])c4c([2H])c([2H])c([2H])c([2H])c4c3[2H])c3ccccc23)c([2H])c2c(oc3c([2H])c4c([2H])c([2H])c([2H])c([2H])c4c([2H])c32)c1[2H]. The third kappa shape index (κ3) is 3.36. The highest BCUT2D eigenvalue weighted by Crippen LogP contribution is 2.45. The summed E-state index contributed by atoms with van der Waals surface area (Å²) in [5.41, 5.74) is -0.0670. The van der Waals surface area contributed by atoms with Crippen LogP contribution in [-0.2, 0) is 0 Å². The van der Waals surface area contributed by atoms with Crippen LogP contribution in [0.4, 0.5) is 0 Å². The Labute approximate surface area is 259 Å². The molecule has 0 radical (unpaired) electrons. The van der Waals surface area contributed by atoms with Crippen molar-refractivity contribution >= 4 is 65.0 Å². The molecule has 41 heavy (non-hydrogen) atoms. The second-order valence-corrected chi connectivity index (χ2v) is 9.60. The fraction of sp³-hybridized carbons (Fsp3) is 0. The molecule has 8 aromatic carbocycles. The van der Waals surface area contributed by atoms with Crippen LogP contribution in [0.3, 0.4) is 0 Å². The van der Waals surface area contributed by atoms with Crippen molar-refractivity contribution in [2.45, 2.75) is 0 Å². The molecule has 0 fully saturated rings. The summed E-state index contributed by atoms with van der Waals surface area (Å²) < 4.78 is 147. The molecule has 0 unspecified atom stereocenters. The quantitative estimate of drug-likeness (QED) is 0.200. The van der Waals surface area contributed by atoms with Gasteiger partial charge in [0.15, 0.2) is 0 Å². The van der Waals surface area contributed by atoms with Crippen molar-refractivity contribution in [3.8, 4) is 22.3 Å². The molecule has 1 aromatic heterocycles. The van der Waals surface area contributed by atoms with Crippen molar-refractivity contribution < 1.29 is 26.3 Å². The van der Waals surface area contributed by atoms with Crippen LogP contribution >= 0.6 is 0 Å². The standard InChI is InChI=1S/C40H24O/c1-2-10-26-21-29(18-17-25(26)9-1)39-31-13-5-7-15-33(31)40(34-16-8-6-14-32(34)39)30-19-20-37-35(23-30)36-22-27-11-3-4-12-28(27)24-38(36)41-37/h1-24H/i1D,2D,3D,4D,9D,10D,11D,12D,17D,18D,19D,20D,21D,22D,23D,24D. The van der Waals surface area contributed by atoms with E-state index in [0.29, 0.717) is 32.7 Å². The first kappa shape index (κ1) is 12.0. The Morgan fingerprint density at radius 3 is 1.51 bits per heavy atom. The molecule has 1 heterocycles. The lowest BCUT2D eigenvalue weighted by Crippen LogP contribution is -1.91. The van der Waals surface area contributed by atoms with Crippen molar-refractivity contribution in [2.24, 2.45) is 0 Å². The Morgan fingerprint density at radius 2 is 0.878 bits per heavy atom. The number of hydrogen-bond acceptors (Lipinski definition) is 1. The normalized spacial score (nSPS) is 17.4. The summed E-state index contributed by atoms with van der Waals surface area (Å²) in [5, 5.41) is 0.434. The van der Waals surface area contributed by atoms with Gasteiger partial charge in [-0.2, -0.15) is 0 Å². The molecule has 0 saturated heterocycles. The molecule has 1 heteroatoms. The van der Waals surface area contributed by atoms with E-state index in [0.717, 1.165) is 0 Å². The van der Waals surface area contributed by atoms with Crippen LogP contribution in [0.2, 0.25) is 0 Å². The Kier molecular flexibility index (Phi) is 2.50. The van der Waals surface area contributed by atoms with E-state index in [4.69, 9.17) is 19.5 Å². The molecule has 9 rings (SSSR count). The maximum atomic E-state index is 9.68. The van der Waals surface area contributed by atoms with E-state index in [1.54, 1.807) is 48.5 Å². The zero-order valence-electron chi connectivity index (χ0n) is 37.0. The number of benzene rings is 8. The fourth-order valence-electron chi connectivity index (χ4n) is 5.56. The van der Waals surface area contributed by atoms with Gasteiger partial charge in [0.2, 0.25) is 0 Å². The third-order valence-electron chi connectivity index (χ3n) is 7.32. The van der Waals surface area contributed by atoms with Crippen molar-refractivity contribution in [2.75, 3.05) is 0 Å². The number of fused-ring (bicyclic) bond motifs is 7. The third-order valence-corrected chi connectivity index (χ3v) is 7.32. The number of furan rings is 1. The molecule has 0 aliphatic heterocycles. The Morgan fingerprint density at radius 1 is 0.390 bits per heavy atom. The highest BCUT2D eigenvalue weighted by atomic mass is 16.3. The second kappa shape index (κ2) is 8.55.